The lowest BCUT2D eigenvalue weighted by atomic mass is 10.1. The van der Waals surface area contributed by atoms with Crippen molar-refractivity contribution in [2.75, 3.05) is 0 Å². The van der Waals surface area contributed by atoms with Crippen LogP contribution in [0.5, 0.6) is 0 Å². The number of benzene rings is 1. The Hall–Kier alpha value is -1.03. The number of aromatic nitrogens is 2. The van der Waals surface area contributed by atoms with Gasteiger partial charge in [-0.05, 0) is 30.2 Å². The maximum absolute atomic E-state index is 6.21. The summed E-state index contributed by atoms with van der Waals surface area (Å²) in [6.07, 6.45) is 0. The van der Waals surface area contributed by atoms with Crippen LogP contribution >= 0.6 is 23.2 Å². The number of hydrogen-bond donors (Lipinski definition) is 1. The van der Waals surface area contributed by atoms with Crippen LogP contribution in [0, 0.1) is 0 Å². The molecule has 0 saturated carbocycles. The Morgan fingerprint density at radius 2 is 2.00 bits per heavy atom. The predicted molar refractivity (Wildman–Crippen MR) is 75.6 cm³/mol. The van der Waals surface area contributed by atoms with E-state index >= 15 is 0 Å². The summed E-state index contributed by atoms with van der Waals surface area (Å²) in [5.41, 5.74) is 8.34. The third-order valence-electron chi connectivity index (χ3n) is 2.72. The molecule has 0 radical (unpaired) electrons. The third-order valence-corrected chi connectivity index (χ3v) is 3.28. The van der Waals surface area contributed by atoms with E-state index in [4.69, 9.17) is 28.9 Å². The molecule has 0 aliphatic heterocycles. The van der Waals surface area contributed by atoms with E-state index in [0.717, 1.165) is 17.1 Å². The van der Waals surface area contributed by atoms with Gasteiger partial charge in [-0.2, -0.15) is 5.10 Å². The maximum Gasteiger partial charge on any atom is 0.0850 e. The van der Waals surface area contributed by atoms with Crippen LogP contribution in [0.15, 0.2) is 24.3 Å². The molecule has 0 aliphatic carbocycles. The Labute approximate surface area is 117 Å². The second-order valence-corrected chi connectivity index (χ2v) is 5.27. The normalized spacial score (nSPS) is 11.2. The molecule has 0 spiro atoms. The molecular formula is C13H15Cl2N3. The van der Waals surface area contributed by atoms with Crippen molar-refractivity contribution in [2.24, 2.45) is 5.73 Å². The third kappa shape index (κ3) is 2.53. The lowest BCUT2D eigenvalue weighted by molar-refractivity contribution is 0.727. The molecular weight excluding hydrogens is 269 g/mol. The molecule has 5 heteroatoms. The summed E-state index contributed by atoms with van der Waals surface area (Å²) in [5, 5.41) is 5.72. The zero-order valence-electron chi connectivity index (χ0n) is 10.3. The van der Waals surface area contributed by atoms with Crippen molar-refractivity contribution >= 4 is 23.2 Å². The molecule has 3 nitrogen and oxygen atoms in total. The second-order valence-electron chi connectivity index (χ2n) is 4.43. The molecule has 1 aromatic heterocycles. The summed E-state index contributed by atoms with van der Waals surface area (Å²) >= 11 is 12.2. The monoisotopic (exact) mass is 283 g/mol. The first-order chi connectivity index (χ1) is 8.52. The van der Waals surface area contributed by atoms with Crippen LogP contribution in [0.2, 0.25) is 10.0 Å². The molecule has 96 valence electrons. The van der Waals surface area contributed by atoms with Crippen molar-refractivity contribution in [3.05, 3.63) is 45.7 Å². The van der Waals surface area contributed by atoms with Gasteiger partial charge in [0.1, 0.15) is 0 Å². The van der Waals surface area contributed by atoms with Crippen molar-refractivity contribution < 1.29 is 0 Å². The van der Waals surface area contributed by atoms with Gasteiger partial charge in [0, 0.05) is 17.3 Å². The van der Waals surface area contributed by atoms with E-state index in [1.807, 2.05) is 16.8 Å². The van der Waals surface area contributed by atoms with Crippen LogP contribution in [0.25, 0.3) is 5.69 Å². The average Bonchev–Trinajstić information content (AvgIpc) is 2.76. The minimum absolute atomic E-state index is 0.327. The largest absolute Gasteiger partial charge is 0.325 e. The SMILES string of the molecule is CC(C)c1cc(CN)nn1-c1cc(Cl)ccc1Cl. The van der Waals surface area contributed by atoms with Crippen molar-refractivity contribution in [2.45, 2.75) is 26.3 Å². The molecule has 18 heavy (non-hydrogen) atoms. The Kier molecular flexibility index (Phi) is 3.95. The van der Waals surface area contributed by atoms with E-state index < -0.39 is 0 Å². The minimum atomic E-state index is 0.327. The van der Waals surface area contributed by atoms with Crippen LogP contribution in [0.4, 0.5) is 0 Å². The van der Waals surface area contributed by atoms with E-state index in [1.54, 1.807) is 12.1 Å². The number of rotatable bonds is 3. The highest BCUT2D eigenvalue weighted by molar-refractivity contribution is 6.34. The van der Waals surface area contributed by atoms with E-state index in [9.17, 15) is 0 Å². The zero-order valence-corrected chi connectivity index (χ0v) is 11.8. The highest BCUT2D eigenvalue weighted by atomic mass is 35.5. The van der Waals surface area contributed by atoms with Crippen LogP contribution in [0.3, 0.4) is 0 Å². The molecule has 0 unspecified atom stereocenters. The van der Waals surface area contributed by atoms with Crippen molar-refractivity contribution in [3.63, 3.8) is 0 Å². The van der Waals surface area contributed by atoms with Gasteiger partial charge in [0.25, 0.3) is 0 Å². The molecule has 0 aliphatic rings. The smallest absolute Gasteiger partial charge is 0.0850 e. The topological polar surface area (TPSA) is 43.8 Å². The van der Waals surface area contributed by atoms with Gasteiger partial charge in [0.15, 0.2) is 0 Å². The molecule has 1 heterocycles. The second kappa shape index (κ2) is 5.31. The Morgan fingerprint density at radius 3 is 2.61 bits per heavy atom. The number of nitrogens with two attached hydrogens (primary N) is 1. The van der Waals surface area contributed by atoms with Crippen molar-refractivity contribution in [1.29, 1.82) is 0 Å². The molecule has 0 bridgehead atoms. The molecule has 0 atom stereocenters. The summed E-state index contributed by atoms with van der Waals surface area (Å²) in [6.45, 7) is 4.61. The highest BCUT2D eigenvalue weighted by Gasteiger charge is 2.14. The van der Waals surface area contributed by atoms with E-state index in [2.05, 4.69) is 18.9 Å². The van der Waals surface area contributed by atoms with Gasteiger partial charge in [-0.3, -0.25) is 0 Å². The van der Waals surface area contributed by atoms with Crippen molar-refractivity contribution in [1.82, 2.24) is 9.78 Å². The average molecular weight is 284 g/mol. The molecule has 0 saturated heterocycles. The first-order valence-corrected chi connectivity index (χ1v) is 6.53. The number of halogens is 2. The summed E-state index contributed by atoms with van der Waals surface area (Å²) in [5.74, 6) is 0.327. The van der Waals surface area contributed by atoms with Gasteiger partial charge in [-0.15, -0.1) is 0 Å². The van der Waals surface area contributed by atoms with Crippen LogP contribution in [0.1, 0.15) is 31.2 Å². The van der Waals surface area contributed by atoms with Gasteiger partial charge >= 0.3 is 0 Å². The summed E-state index contributed by atoms with van der Waals surface area (Å²) < 4.78 is 1.82. The molecule has 2 aromatic rings. The fraction of sp³-hybridized carbons (Fsp3) is 0.308. The summed E-state index contributed by atoms with van der Waals surface area (Å²) in [4.78, 5) is 0. The molecule has 0 fully saturated rings. The lowest BCUT2D eigenvalue weighted by Gasteiger charge is -2.11. The Bertz CT molecular complexity index is 561. The first kappa shape index (κ1) is 13.4. The van der Waals surface area contributed by atoms with E-state index in [0.29, 0.717) is 22.5 Å². The standard InChI is InChI=1S/C13H15Cl2N3/c1-8(2)12-6-10(7-16)17-18(12)13-5-9(14)3-4-11(13)15/h3-6,8H,7,16H2,1-2H3. The maximum atomic E-state index is 6.21. The van der Waals surface area contributed by atoms with Gasteiger partial charge in [0.05, 0.1) is 16.4 Å². The highest BCUT2D eigenvalue weighted by Crippen LogP contribution is 2.27. The van der Waals surface area contributed by atoms with Crippen molar-refractivity contribution in [3.8, 4) is 5.69 Å². The lowest BCUT2D eigenvalue weighted by Crippen LogP contribution is -2.05. The summed E-state index contributed by atoms with van der Waals surface area (Å²) in [7, 11) is 0. The first-order valence-electron chi connectivity index (χ1n) is 5.77. The minimum Gasteiger partial charge on any atom is -0.325 e. The van der Waals surface area contributed by atoms with E-state index in [-0.39, 0.29) is 0 Å². The summed E-state index contributed by atoms with van der Waals surface area (Å²) in [6, 6.07) is 7.34. The molecule has 0 amide bonds. The number of hydrogen-bond acceptors (Lipinski definition) is 2. The van der Waals surface area contributed by atoms with Gasteiger partial charge in [0.2, 0.25) is 0 Å². The Morgan fingerprint density at radius 1 is 1.28 bits per heavy atom. The zero-order chi connectivity index (χ0) is 13.3. The number of nitrogens with zero attached hydrogens (tertiary/aromatic N) is 2. The van der Waals surface area contributed by atoms with Gasteiger partial charge in [-0.1, -0.05) is 37.0 Å². The quantitative estimate of drug-likeness (QED) is 0.932. The molecule has 2 N–H and O–H groups in total. The van der Waals surface area contributed by atoms with E-state index in [1.165, 1.54) is 0 Å². The fourth-order valence-corrected chi connectivity index (χ4v) is 2.16. The molecule has 1 aromatic carbocycles. The Balaban J connectivity index is 2.62. The fourth-order valence-electron chi connectivity index (χ4n) is 1.80. The van der Waals surface area contributed by atoms with Gasteiger partial charge in [-0.25, -0.2) is 4.68 Å². The molecule has 2 rings (SSSR count). The van der Waals surface area contributed by atoms with Crippen LogP contribution in [-0.4, -0.2) is 9.78 Å². The predicted octanol–water partition coefficient (Wildman–Crippen LogP) is 3.76. The van der Waals surface area contributed by atoms with Gasteiger partial charge < -0.3 is 5.73 Å². The van der Waals surface area contributed by atoms with Crippen LogP contribution in [-0.2, 0) is 6.54 Å². The van der Waals surface area contributed by atoms with Crippen LogP contribution < -0.4 is 5.73 Å².